The molecular weight excluding hydrogens is 198 g/mol. The van der Waals surface area contributed by atoms with Gasteiger partial charge in [0.05, 0.1) is 17.6 Å². The van der Waals surface area contributed by atoms with E-state index >= 15 is 0 Å². The van der Waals surface area contributed by atoms with E-state index in [1.807, 2.05) is 19.2 Å². The number of aromatic nitrogens is 1. The maximum absolute atomic E-state index is 5.77. The van der Waals surface area contributed by atoms with Gasteiger partial charge in [-0.25, -0.2) is 0 Å². The molecular formula is C13H23N3. The fraction of sp³-hybridized carbons (Fsp3) is 0.615. The summed E-state index contributed by atoms with van der Waals surface area (Å²) in [4.78, 5) is 6.64. The van der Waals surface area contributed by atoms with Crippen molar-refractivity contribution in [1.29, 1.82) is 0 Å². The molecule has 0 saturated carbocycles. The molecule has 3 nitrogen and oxygen atoms in total. The fourth-order valence-electron chi connectivity index (χ4n) is 1.74. The largest absolute Gasteiger partial charge is 0.371 e. The van der Waals surface area contributed by atoms with Crippen molar-refractivity contribution in [3.63, 3.8) is 0 Å². The van der Waals surface area contributed by atoms with Crippen molar-refractivity contribution in [1.82, 2.24) is 4.98 Å². The number of nitrogens with two attached hydrogens (primary N) is 1. The SMILES string of the molecule is CCCC(C)N(C)c1ccc(C(C)N)nc1. The Balaban J connectivity index is 2.73. The first-order valence-electron chi connectivity index (χ1n) is 6.00. The third-order valence-corrected chi connectivity index (χ3v) is 3.01. The maximum Gasteiger partial charge on any atom is 0.0569 e. The molecule has 0 aliphatic heterocycles. The average Bonchev–Trinajstić information content (AvgIpc) is 2.28. The summed E-state index contributed by atoms with van der Waals surface area (Å²) < 4.78 is 0. The molecule has 1 aromatic heterocycles. The highest BCUT2D eigenvalue weighted by Gasteiger charge is 2.09. The van der Waals surface area contributed by atoms with Crippen molar-refractivity contribution in [3.05, 3.63) is 24.0 Å². The average molecular weight is 221 g/mol. The molecule has 2 unspecified atom stereocenters. The molecule has 1 rings (SSSR count). The Morgan fingerprint density at radius 2 is 2.06 bits per heavy atom. The molecule has 0 amide bonds. The maximum atomic E-state index is 5.77. The lowest BCUT2D eigenvalue weighted by Crippen LogP contribution is -2.28. The van der Waals surface area contributed by atoms with Crippen LogP contribution in [0.15, 0.2) is 18.3 Å². The summed E-state index contributed by atoms with van der Waals surface area (Å²) in [6.45, 7) is 6.40. The number of anilines is 1. The summed E-state index contributed by atoms with van der Waals surface area (Å²) in [5.41, 5.74) is 7.87. The van der Waals surface area contributed by atoms with Gasteiger partial charge in [0.25, 0.3) is 0 Å². The van der Waals surface area contributed by atoms with Gasteiger partial charge in [0, 0.05) is 19.1 Å². The second kappa shape index (κ2) is 5.85. The summed E-state index contributed by atoms with van der Waals surface area (Å²) in [5, 5.41) is 0. The highest BCUT2D eigenvalue weighted by atomic mass is 15.1. The molecule has 2 N–H and O–H groups in total. The molecule has 1 aromatic rings. The van der Waals surface area contributed by atoms with Gasteiger partial charge in [-0.05, 0) is 32.4 Å². The van der Waals surface area contributed by atoms with Gasteiger partial charge < -0.3 is 10.6 Å². The molecule has 0 aliphatic rings. The van der Waals surface area contributed by atoms with Crippen molar-refractivity contribution in [3.8, 4) is 0 Å². The van der Waals surface area contributed by atoms with Gasteiger partial charge in [-0.2, -0.15) is 0 Å². The van der Waals surface area contributed by atoms with Gasteiger partial charge in [-0.3, -0.25) is 4.98 Å². The van der Waals surface area contributed by atoms with Gasteiger partial charge in [0.1, 0.15) is 0 Å². The summed E-state index contributed by atoms with van der Waals surface area (Å²) in [7, 11) is 2.11. The normalized spacial score (nSPS) is 14.6. The summed E-state index contributed by atoms with van der Waals surface area (Å²) in [5.74, 6) is 0. The standard InChI is InChI=1S/C13H23N3/c1-5-6-10(2)16(4)12-7-8-13(11(3)14)15-9-12/h7-11H,5-6,14H2,1-4H3. The highest BCUT2D eigenvalue weighted by Crippen LogP contribution is 2.18. The van der Waals surface area contributed by atoms with Crippen molar-refractivity contribution < 1.29 is 0 Å². The minimum Gasteiger partial charge on any atom is -0.371 e. The molecule has 0 radical (unpaired) electrons. The fourth-order valence-corrected chi connectivity index (χ4v) is 1.74. The van der Waals surface area contributed by atoms with E-state index in [1.54, 1.807) is 0 Å². The van der Waals surface area contributed by atoms with Crippen LogP contribution in [-0.2, 0) is 0 Å². The number of hydrogen-bond donors (Lipinski definition) is 1. The van der Waals surface area contributed by atoms with E-state index in [1.165, 1.54) is 12.8 Å². The van der Waals surface area contributed by atoms with Gasteiger partial charge >= 0.3 is 0 Å². The van der Waals surface area contributed by atoms with Crippen LogP contribution in [0.4, 0.5) is 5.69 Å². The number of hydrogen-bond acceptors (Lipinski definition) is 3. The number of pyridine rings is 1. The second-order valence-electron chi connectivity index (χ2n) is 4.48. The third-order valence-electron chi connectivity index (χ3n) is 3.01. The van der Waals surface area contributed by atoms with E-state index in [2.05, 4.69) is 36.8 Å². The molecule has 90 valence electrons. The van der Waals surface area contributed by atoms with Gasteiger partial charge in [0.2, 0.25) is 0 Å². The lowest BCUT2D eigenvalue weighted by Gasteiger charge is -2.26. The van der Waals surface area contributed by atoms with Crippen LogP contribution in [0.3, 0.4) is 0 Å². The van der Waals surface area contributed by atoms with Crippen LogP contribution in [0.5, 0.6) is 0 Å². The Morgan fingerprint density at radius 1 is 1.38 bits per heavy atom. The Kier molecular flexibility index (Phi) is 4.74. The van der Waals surface area contributed by atoms with Crippen LogP contribution in [0.1, 0.15) is 45.3 Å². The van der Waals surface area contributed by atoms with Gasteiger partial charge in [-0.15, -0.1) is 0 Å². The van der Waals surface area contributed by atoms with Crippen LogP contribution in [0, 0.1) is 0 Å². The van der Waals surface area contributed by atoms with E-state index < -0.39 is 0 Å². The lowest BCUT2D eigenvalue weighted by atomic mass is 10.1. The Labute approximate surface area is 98.7 Å². The molecule has 0 aromatic carbocycles. The molecule has 1 heterocycles. The first-order valence-corrected chi connectivity index (χ1v) is 6.00. The molecule has 0 fully saturated rings. The Bertz CT molecular complexity index is 305. The van der Waals surface area contributed by atoms with Crippen molar-refractivity contribution in [2.45, 2.75) is 45.7 Å². The van der Waals surface area contributed by atoms with E-state index in [0.717, 1.165) is 11.4 Å². The predicted molar refractivity (Wildman–Crippen MR) is 69.6 cm³/mol. The van der Waals surface area contributed by atoms with Gasteiger partial charge in [0.15, 0.2) is 0 Å². The topological polar surface area (TPSA) is 42.1 Å². The molecule has 3 heteroatoms. The summed E-state index contributed by atoms with van der Waals surface area (Å²) in [6, 6.07) is 4.66. The molecule has 2 atom stereocenters. The van der Waals surface area contributed by atoms with Gasteiger partial charge in [-0.1, -0.05) is 13.3 Å². The number of rotatable bonds is 5. The van der Waals surface area contributed by atoms with Crippen LogP contribution >= 0.6 is 0 Å². The monoisotopic (exact) mass is 221 g/mol. The van der Waals surface area contributed by atoms with E-state index in [9.17, 15) is 0 Å². The zero-order chi connectivity index (χ0) is 12.1. The second-order valence-corrected chi connectivity index (χ2v) is 4.48. The quantitative estimate of drug-likeness (QED) is 0.831. The zero-order valence-electron chi connectivity index (χ0n) is 10.8. The first kappa shape index (κ1) is 13.0. The summed E-state index contributed by atoms with van der Waals surface area (Å²) in [6.07, 6.45) is 4.31. The molecule has 0 saturated heterocycles. The predicted octanol–water partition coefficient (Wildman–Crippen LogP) is 2.73. The van der Waals surface area contributed by atoms with Crippen molar-refractivity contribution in [2.24, 2.45) is 5.73 Å². The van der Waals surface area contributed by atoms with Crippen molar-refractivity contribution in [2.75, 3.05) is 11.9 Å². The lowest BCUT2D eigenvalue weighted by molar-refractivity contribution is 0.615. The van der Waals surface area contributed by atoms with Crippen LogP contribution in [0.2, 0.25) is 0 Å². The van der Waals surface area contributed by atoms with Crippen molar-refractivity contribution >= 4 is 5.69 Å². The third kappa shape index (κ3) is 3.20. The smallest absolute Gasteiger partial charge is 0.0569 e. The van der Waals surface area contributed by atoms with E-state index in [0.29, 0.717) is 6.04 Å². The van der Waals surface area contributed by atoms with E-state index in [-0.39, 0.29) is 6.04 Å². The Hall–Kier alpha value is -1.09. The van der Waals surface area contributed by atoms with E-state index in [4.69, 9.17) is 5.73 Å². The minimum absolute atomic E-state index is 0.00687. The highest BCUT2D eigenvalue weighted by molar-refractivity contribution is 5.44. The van der Waals surface area contributed by atoms with Crippen LogP contribution in [-0.4, -0.2) is 18.1 Å². The number of nitrogens with zero attached hydrogens (tertiary/aromatic N) is 2. The summed E-state index contributed by atoms with van der Waals surface area (Å²) >= 11 is 0. The van der Waals surface area contributed by atoms with Crippen LogP contribution < -0.4 is 10.6 Å². The first-order chi connectivity index (χ1) is 7.56. The Morgan fingerprint density at radius 3 is 2.50 bits per heavy atom. The molecule has 0 bridgehead atoms. The molecule has 0 aliphatic carbocycles. The van der Waals surface area contributed by atoms with Crippen LogP contribution in [0.25, 0.3) is 0 Å². The minimum atomic E-state index is 0.00687. The zero-order valence-corrected chi connectivity index (χ0v) is 10.8. The molecule has 16 heavy (non-hydrogen) atoms. The molecule has 0 spiro atoms.